The van der Waals surface area contributed by atoms with Gasteiger partial charge in [-0.05, 0) is 36.9 Å². The Bertz CT molecular complexity index is 564. The van der Waals surface area contributed by atoms with Crippen LogP contribution in [0.25, 0.3) is 0 Å². The summed E-state index contributed by atoms with van der Waals surface area (Å²) >= 11 is 0. The van der Waals surface area contributed by atoms with E-state index in [1.54, 1.807) is 0 Å². The van der Waals surface area contributed by atoms with Crippen LogP contribution < -0.4 is 10.0 Å². The van der Waals surface area contributed by atoms with Gasteiger partial charge >= 0.3 is 0 Å². The smallest absolute Gasteiger partial charge is 0.240 e. The maximum absolute atomic E-state index is 13.1. The van der Waals surface area contributed by atoms with Crippen molar-refractivity contribution in [2.24, 2.45) is 5.41 Å². The fraction of sp³-hybridized carbons (Fsp3) is 0.538. The van der Waals surface area contributed by atoms with E-state index < -0.39 is 21.7 Å². The van der Waals surface area contributed by atoms with Crippen LogP contribution in [0.2, 0.25) is 0 Å². The lowest BCUT2D eigenvalue weighted by atomic mass is 9.83. The summed E-state index contributed by atoms with van der Waals surface area (Å²) in [6, 6.07) is 2.27. The number of rotatable bonds is 4. The molecule has 0 saturated carbocycles. The molecule has 0 spiro atoms. The molecule has 0 aliphatic carbocycles. The number of benzene rings is 1. The molecular weight excluding hydrogens is 286 g/mol. The van der Waals surface area contributed by atoms with Gasteiger partial charge in [-0.15, -0.1) is 0 Å². The highest BCUT2D eigenvalue weighted by molar-refractivity contribution is 7.89. The second-order valence-corrected chi connectivity index (χ2v) is 7.29. The molecule has 20 heavy (non-hydrogen) atoms. The van der Waals surface area contributed by atoms with Crippen molar-refractivity contribution in [1.29, 1.82) is 0 Å². The Morgan fingerprint density at radius 2 is 1.95 bits per heavy atom. The Balaban J connectivity index is 2.11. The number of halogens is 2. The molecule has 1 unspecified atom stereocenters. The largest absolute Gasteiger partial charge is 0.316 e. The van der Waals surface area contributed by atoms with Crippen LogP contribution in [0, 0.1) is 17.0 Å². The van der Waals surface area contributed by atoms with Crippen LogP contribution in [0.3, 0.4) is 0 Å². The quantitative estimate of drug-likeness (QED) is 0.889. The average Bonchev–Trinajstić information content (AvgIpc) is 2.37. The predicted octanol–water partition coefficient (Wildman–Crippen LogP) is 1.63. The summed E-state index contributed by atoms with van der Waals surface area (Å²) in [6.45, 7) is 3.86. The highest BCUT2D eigenvalue weighted by atomic mass is 32.2. The van der Waals surface area contributed by atoms with E-state index in [4.69, 9.17) is 0 Å². The van der Waals surface area contributed by atoms with Crippen LogP contribution >= 0.6 is 0 Å². The lowest BCUT2D eigenvalue weighted by Crippen LogP contribution is -2.45. The van der Waals surface area contributed by atoms with Gasteiger partial charge in [-0.2, -0.15) is 0 Å². The number of nitrogens with one attached hydrogen (secondary N) is 2. The van der Waals surface area contributed by atoms with Gasteiger partial charge in [0, 0.05) is 19.2 Å². The van der Waals surface area contributed by atoms with Gasteiger partial charge in [0.05, 0.1) is 4.90 Å². The fourth-order valence-corrected chi connectivity index (χ4v) is 3.55. The lowest BCUT2D eigenvalue weighted by Gasteiger charge is -2.34. The Morgan fingerprint density at radius 1 is 1.30 bits per heavy atom. The van der Waals surface area contributed by atoms with Crippen LogP contribution in [0.4, 0.5) is 8.78 Å². The third kappa shape index (κ3) is 3.74. The minimum Gasteiger partial charge on any atom is -0.316 e. The molecule has 1 aromatic carbocycles. The topological polar surface area (TPSA) is 58.2 Å². The highest BCUT2D eigenvalue weighted by Gasteiger charge is 2.29. The first kappa shape index (κ1) is 15.3. The summed E-state index contributed by atoms with van der Waals surface area (Å²) < 4.78 is 52.7. The molecule has 7 heteroatoms. The van der Waals surface area contributed by atoms with Crippen LogP contribution in [-0.2, 0) is 10.0 Å². The zero-order chi connectivity index (χ0) is 14.8. The van der Waals surface area contributed by atoms with Crippen molar-refractivity contribution < 1.29 is 17.2 Å². The summed E-state index contributed by atoms with van der Waals surface area (Å²) in [5, 5.41) is 3.21. The summed E-state index contributed by atoms with van der Waals surface area (Å²) in [5.74, 6) is -1.81. The summed E-state index contributed by atoms with van der Waals surface area (Å²) in [6.07, 6.45) is 1.88. The number of sulfonamides is 1. The standard InChI is InChI=1S/C13H18F2N2O2S/c1-13(3-2-4-16-8-13)9-17-20(18,19)12-6-10(14)5-11(15)7-12/h5-7,16-17H,2-4,8-9H2,1H3. The Kier molecular flexibility index (Phi) is 4.41. The number of hydrogen-bond donors (Lipinski definition) is 2. The van der Waals surface area contributed by atoms with Crippen LogP contribution in [-0.4, -0.2) is 28.1 Å². The third-order valence-electron chi connectivity index (χ3n) is 3.52. The van der Waals surface area contributed by atoms with Gasteiger partial charge in [-0.3, -0.25) is 0 Å². The Labute approximate surface area is 117 Å². The van der Waals surface area contributed by atoms with E-state index in [9.17, 15) is 17.2 Å². The molecule has 2 N–H and O–H groups in total. The second kappa shape index (κ2) is 5.75. The molecule has 4 nitrogen and oxygen atoms in total. The van der Waals surface area contributed by atoms with E-state index >= 15 is 0 Å². The van der Waals surface area contributed by atoms with Crippen molar-refractivity contribution in [2.45, 2.75) is 24.7 Å². The van der Waals surface area contributed by atoms with E-state index in [1.165, 1.54) is 0 Å². The normalized spacial score (nSPS) is 23.8. The first-order chi connectivity index (χ1) is 9.31. The minimum absolute atomic E-state index is 0.183. The number of hydrogen-bond acceptors (Lipinski definition) is 3. The molecule has 1 aromatic rings. The molecule has 0 aromatic heterocycles. The lowest BCUT2D eigenvalue weighted by molar-refractivity contribution is 0.238. The number of piperidine rings is 1. The molecule has 1 saturated heterocycles. The maximum Gasteiger partial charge on any atom is 0.240 e. The molecule has 1 heterocycles. The zero-order valence-corrected chi connectivity index (χ0v) is 12.1. The van der Waals surface area contributed by atoms with Crippen molar-refractivity contribution in [3.63, 3.8) is 0 Å². The highest BCUT2D eigenvalue weighted by Crippen LogP contribution is 2.25. The maximum atomic E-state index is 13.1. The van der Waals surface area contributed by atoms with Gasteiger partial charge in [0.25, 0.3) is 0 Å². The van der Waals surface area contributed by atoms with E-state index in [-0.39, 0.29) is 16.9 Å². The summed E-state index contributed by atoms with van der Waals surface area (Å²) in [4.78, 5) is -0.387. The zero-order valence-electron chi connectivity index (χ0n) is 11.2. The first-order valence-electron chi connectivity index (χ1n) is 6.47. The van der Waals surface area contributed by atoms with Crippen molar-refractivity contribution >= 4 is 10.0 Å². The summed E-state index contributed by atoms with van der Waals surface area (Å²) in [7, 11) is -3.90. The van der Waals surface area contributed by atoms with Crippen molar-refractivity contribution in [2.75, 3.05) is 19.6 Å². The molecule has 0 amide bonds. The summed E-state index contributed by atoms with van der Waals surface area (Å²) in [5.41, 5.74) is -0.183. The predicted molar refractivity (Wildman–Crippen MR) is 71.8 cm³/mol. The Morgan fingerprint density at radius 3 is 2.50 bits per heavy atom. The van der Waals surface area contributed by atoms with Gasteiger partial charge in [-0.1, -0.05) is 6.92 Å². The molecule has 1 fully saturated rings. The van der Waals surface area contributed by atoms with E-state index in [1.807, 2.05) is 6.92 Å². The molecule has 0 bridgehead atoms. The van der Waals surface area contributed by atoms with Crippen molar-refractivity contribution in [3.05, 3.63) is 29.8 Å². The van der Waals surface area contributed by atoms with Crippen molar-refractivity contribution in [1.82, 2.24) is 10.0 Å². The van der Waals surface area contributed by atoms with Gasteiger partial charge in [0.15, 0.2) is 0 Å². The molecule has 1 aliphatic heterocycles. The van der Waals surface area contributed by atoms with Gasteiger partial charge in [0.2, 0.25) is 10.0 Å². The van der Waals surface area contributed by atoms with E-state index in [2.05, 4.69) is 10.0 Å². The van der Waals surface area contributed by atoms with Gasteiger partial charge in [0.1, 0.15) is 11.6 Å². The van der Waals surface area contributed by atoms with Crippen LogP contribution in [0.1, 0.15) is 19.8 Å². The molecular formula is C13H18F2N2O2S. The fourth-order valence-electron chi connectivity index (χ4n) is 2.31. The molecule has 1 atom stereocenters. The second-order valence-electron chi connectivity index (χ2n) is 5.52. The van der Waals surface area contributed by atoms with Gasteiger partial charge < -0.3 is 5.32 Å². The Hall–Kier alpha value is -1.05. The molecule has 0 radical (unpaired) electrons. The molecule has 1 aliphatic rings. The molecule has 2 rings (SSSR count). The first-order valence-corrected chi connectivity index (χ1v) is 7.96. The third-order valence-corrected chi connectivity index (χ3v) is 4.90. The molecule has 112 valence electrons. The van der Waals surface area contributed by atoms with Crippen molar-refractivity contribution in [3.8, 4) is 0 Å². The van der Waals surface area contributed by atoms with Crippen LogP contribution in [0.15, 0.2) is 23.1 Å². The minimum atomic E-state index is -3.90. The van der Waals surface area contributed by atoms with Crippen LogP contribution in [0.5, 0.6) is 0 Å². The average molecular weight is 304 g/mol. The van der Waals surface area contributed by atoms with E-state index in [0.29, 0.717) is 12.6 Å². The monoisotopic (exact) mass is 304 g/mol. The van der Waals surface area contributed by atoms with E-state index in [0.717, 1.165) is 31.5 Å². The SMILES string of the molecule is CC1(CNS(=O)(=O)c2cc(F)cc(F)c2)CCCNC1. The van der Waals surface area contributed by atoms with Gasteiger partial charge in [-0.25, -0.2) is 21.9 Å².